The molecule has 2 N–H and O–H groups in total. The molecule has 5 unspecified atom stereocenters. The monoisotopic (exact) mass is 444 g/mol. The SMILES string of the molecule is COC(=O)[C@@H](NC(=O)C1C(C)CC23c4ccc(OC)cc4CCCN2C(=O)CC13)C(C)O. The van der Waals surface area contributed by atoms with Gasteiger partial charge in [0.1, 0.15) is 5.75 Å². The summed E-state index contributed by atoms with van der Waals surface area (Å²) in [7, 11) is 2.87. The van der Waals surface area contributed by atoms with Gasteiger partial charge in [0.25, 0.3) is 0 Å². The molecular formula is C24H32N2O6. The molecule has 32 heavy (non-hydrogen) atoms. The van der Waals surface area contributed by atoms with Crippen LogP contribution in [0.15, 0.2) is 18.2 Å². The lowest BCUT2D eigenvalue weighted by atomic mass is 9.76. The highest BCUT2D eigenvalue weighted by Gasteiger charge is 2.64. The fourth-order valence-electron chi connectivity index (χ4n) is 6.32. The number of rotatable bonds is 5. The molecule has 1 aliphatic carbocycles. The molecule has 1 saturated heterocycles. The summed E-state index contributed by atoms with van der Waals surface area (Å²) in [5, 5.41) is 12.7. The lowest BCUT2D eigenvalue weighted by Gasteiger charge is -2.39. The fourth-order valence-corrected chi connectivity index (χ4v) is 6.32. The number of fused-ring (bicyclic) bond motifs is 1. The van der Waals surface area contributed by atoms with Crippen molar-refractivity contribution < 1.29 is 29.0 Å². The topological polar surface area (TPSA) is 105 Å². The minimum atomic E-state index is -1.14. The van der Waals surface area contributed by atoms with E-state index in [9.17, 15) is 19.5 Å². The molecule has 8 heteroatoms. The number of aryl methyl sites for hydroxylation is 1. The number of esters is 1. The van der Waals surface area contributed by atoms with Crippen molar-refractivity contribution in [3.05, 3.63) is 29.3 Å². The van der Waals surface area contributed by atoms with Gasteiger partial charge in [-0.15, -0.1) is 0 Å². The lowest BCUT2D eigenvalue weighted by Crippen LogP contribution is -2.51. The Morgan fingerprint density at radius 3 is 2.72 bits per heavy atom. The van der Waals surface area contributed by atoms with Crippen molar-refractivity contribution >= 4 is 17.8 Å². The molecule has 2 aliphatic heterocycles. The Hall–Kier alpha value is -2.61. The number of methoxy groups -OCH3 is 2. The third-order valence-electron chi connectivity index (χ3n) is 7.62. The predicted octanol–water partition coefficient (Wildman–Crippen LogP) is 1.38. The number of carbonyl (C=O) groups is 3. The number of hydrogen-bond acceptors (Lipinski definition) is 6. The zero-order chi connectivity index (χ0) is 23.2. The standard InChI is InChI=1S/C24H32N2O6/c1-13-12-24-17-8-7-16(31-3)10-15(17)6-5-9-26(24)19(28)11-18(24)20(13)22(29)25-21(14(2)27)23(30)32-4/h7-8,10,13-14,18,20-21,27H,5-6,9,11-12H2,1-4H3,(H,25,29)/t13?,14?,18?,20?,21-,24?/m0/s1. The molecule has 6 atom stereocenters. The molecule has 0 bridgehead atoms. The van der Waals surface area contributed by atoms with Gasteiger partial charge >= 0.3 is 5.97 Å². The minimum absolute atomic E-state index is 0.00375. The average molecular weight is 445 g/mol. The van der Waals surface area contributed by atoms with Gasteiger partial charge in [-0.2, -0.15) is 0 Å². The first kappa shape index (κ1) is 22.6. The number of aliphatic hydroxyl groups excluding tert-OH is 1. The molecule has 8 nitrogen and oxygen atoms in total. The molecule has 174 valence electrons. The molecule has 2 heterocycles. The number of carbonyl (C=O) groups excluding carboxylic acids is 3. The van der Waals surface area contributed by atoms with Gasteiger partial charge < -0.3 is 24.8 Å². The summed E-state index contributed by atoms with van der Waals surface area (Å²) in [6.07, 6.45) is 1.59. The zero-order valence-corrected chi connectivity index (χ0v) is 19.1. The molecule has 1 spiro atoms. The Bertz CT molecular complexity index is 931. The van der Waals surface area contributed by atoms with E-state index in [-0.39, 0.29) is 23.7 Å². The molecule has 0 radical (unpaired) electrons. The van der Waals surface area contributed by atoms with E-state index in [4.69, 9.17) is 9.47 Å². The highest BCUT2D eigenvalue weighted by atomic mass is 16.5. The van der Waals surface area contributed by atoms with E-state index in [2.05, 4.69) is 11.4 Å². The molecule has 4 rings (SSSR count). The summed E-state index contributed by atoms with van der Waals surface area (Å²) in [5.41, 5.74) is 1.73. The van der Waals surface area contributed by atoms with Crippen LogP contribution in [0.5, 0.6) is 5.75 Å². The molecule has 3 aliphatic rings. The van der Waals surface area contributed by atoms with E-state index in [1.165, 1.54) is 14.0 Å². The second kappa shape index (κ2) is 8.39. The first-order valence-corrected chi connectivity index (χ1v) is 11.3. The molecule has 0 aromatic heterocycles. The number of amides is 2. The molecule has 1 saturated carbocycles. The van der Waals surface area contributed by atoms with Crippen molar-refractivity contribution in [2.24, 2.45) is 17.8 Å². The minimum Gasteiger partial charge on any atom is -0.497 e. The van der Waals surface area contributed by atoms with Crippen molar-refractivity contribution in [1.82, 2.24) is 10.2 Å². The quantitative estimate of drug-likeness (QED) is 0.665. The average Bonchev–Trinajstić information content (AvgIpc) is 3.12. The second-order valence-corrected chi connectivity index (χ2v) is 9.36. The highest BCUT2D eigenvalue weighted by molar-refractivity contribution is 5.89. The van der Waals surface area contributed by atoms with E-state index < -0.39 is 29.6 Å². The number of nitrogens with one attached hydrogen (secondary N) is 1. The number of benzene rings is 1. The summed E-state index contributed by atoms with van der Waals surface area (Å²) in [4.78, 5) is 40.6. The number of nitrogens with zero attached hydrogens (tertiary/aromatic N) is 1. The van der Waals surface area contributed by atoms with Gasteiger partial charge in [-0.3, -0.25) is 9.59 Å². The van der Waals surface area contributed by atoms with E-state index >= 15 is 0 Å². The van der Waals surface area contributed by atoms with Crippen molar-refractivity contribution in [3.8, 4) is 5.75 Å². The smallest absolute Gasteiger partial charge is 0.331 e. The third kappa shape index (κ3) is 3.36. The second-order valence-electron chi connectivity index (χ2n) is 9.36. The zero-order valence-electron chi connectivity index (χ0n) is 19.1. The van der Waals surface area contributed by atoms with E-state index in [0.717, 1.165) is 29.7 Å². The summed E-state index contributed by atoms with van der Waals surface area (Å²) in [6.45, 7) is 4.13. The maximum Gasteiger partial charge on any atom is 0.331 e. The number of aliphatic hydroxyl groups is 1. The van der Waals surface area contributed by atoms with Crippen LogP contribution in [-0.4, -0.2) is 60.7 Å². The van der Waals surface area contributed by atoms with Gasteiger partial charge in [0, 0.05) is 24.8 Å². The Kier molecular flexibility index (Phi) is 5.92. The molecule has 2 fully saturated rings. The van der Waals surface area contributed by atoms with Crippen molar-refractivity contribution in [1.29, 1.82) is 0 Å². The van der Waals surface area contributed by atoms with Crippen LogP contribution in [0.2, 0.25) is 0 Å². The normalized spacial score (nSPS) is 30.5. The fraction of sp³-hybridized carbons (Fsp3) is 0.625. The Morgan fingerprint density at radius 2 is 2.06 bits per heavy atom. The maximum atomic E-state index is 13.4. The van der Waals surface area contributed by atoms with Gasteiger partial charge in [0.05, 0.1) is 25.9 Å². The largest absolute Gasteiger partial charge is 0.497 e. The van der Waals surface area contributed by atoms with Crippen LogP contribution in [-0.2, 0) is 31.1 Å². The lowest BCUT2D eigenvalue weighted by molar-refractivity contribution is -0.149. The summed E-state index contributed by atoms with van der Waals surface area (Å²) in [5.74, 6) is -0.813. The first-order chi connectivity index (χ1) is 15.2. The van der Waals surface area contributed by atoms with Crippen molar-refractivity contribution in [3.63, 3.8) is 0 Å². The molecular weight excluding hydrogens is 412 g/mol. The third-order valence-corrected chi connectivity index (χ3v) is 7.62. The van der Waals surface area contributed by atoms with Crippen LogP contribution in [0.3, 0.4) is 0 Å². The van der Waals surface area contributed by atoms with Crippen LogP contribution in [0.4, 0.5) is 0 Å². The predicted molar refractivity (Wildman–Crippen MR) is 116 cm³/mol. The molecule has 1 aromatic rings. The van der Waals surface area contributed by atoms with Crippen LogP contribution >= 0.6 is 0 Å². The van der Waals surface area contributed by atoms with Gasteiger partial charge in [-0.25, -0.2) is 4.79 Å². The van der Waals surface area contributed by atoms with Gasteiger partial charge in [0.2, 0.25) is 11.8 Å². The summed E-state index contributed by atoms with van der Waals surface area (Å²) < 4.78 is 10.2. The molecule has 2 amide bonds. The van der Waals surface area contributed by atoms with Gasteiger partial charge in [-0.05, 0) is 55.4 Å². The van der Waals surface area contributed by atoms with Crippen LogP contribution in [0.1, 0.15) is 44.2 Å². The number of ether oxygens (including phenoxy) is 2. The van der Waals surface area contributed by atoms with Crippen LogP contribution < -0.4 is 10.1 Å². The Morgan fingerprint density at radius 1 is 1.31 bits per heavy atom. The first-order valence-electron chi connectivity index (χ1n) is 11.3. The van der Waals surface area contributed by atoms with Gasteiger partial charge in [-0.1, -0.05) is 13.0 Å². The summed E-state index contributed by atoms with van der Waals surface area (Å²) in [6, 6.07) is 4.88. The Balaban J connectivity index is 1.73. The Labute approximate surface area is 188 Å². The highest BCUT2D eigenvalue weighted by Crippen LogP contribution is 2.60. The van der Waals surface area contributed by atoms with E-state index in [1.54, 1.807) is 7.11 Å². The van der Waals surface area contributed by atoms with E-state index in [0.29, 0.717) is 19.4 Å². The van der Waals surface area contributed by atoms with Crippen molar-refractivity contribution in [2.45, 2.75) is 57.2 Å². The summed E-state index contributed by atoms with van der Waals surface area (Å²) >= 11 is 0. The molecule has 1 aromatic carbocycles. The van der Waals surface area contributed by atoms with Crippen LogP contribution in [0.25, 0.3) is 0 Å². The van der Waals surface area contributed by atoms with Crippen molar-refractivity contribution in [2.75, 3.05) is 20.8 Å². The van der Waals surface area contributed by atoms with E-state index in [1.807, 2.05) is 24.0 Å². The van der Waals surface area contributed by atoms with Crippen LogP contribution in [0, 0.1) is 17.8 Å². The number of hydrogen-bond donors (Lipinski definition) is 2. The maximum absolute atomic E-state index is 13.4. The van der Waals surface area contributed by atoms with Gasteiger partial charge in [0.15, 0.2) is 6.04 Å².